The summed E-state index contributed by atoms with van der Waals surface area (Å²) in [7, 11) is 1.31. The molecule has 0 aromatic carbocycles. The molecular weight excluding hydrogens is 203 g/mol. The average molecular weight is 211 g/mol. The predicted molar refractivity (Wildman–Crippen MR) is 43.9 cm³/mol. The van der Waals surface area contributed by atoms with Gasteiger partial charge in [-0.2, -0.15) is 13.2 Å². The Kier molecular flexibility index (Phi) is 2.82. The van der Waals surface area contributed by atoms with Gasteiger partial charge in [-0.3, -0.25) is 0 Å². The van der Waals surface area contributed by atoms with Gasteiger partial charge in [0.2, 0.25) is 0 Å². The van der Waals surface area contributed by atoms with Crippen LogP contribution in [0.4, 0.5) is 13.2 Å². The van der Waals surface area contributed by atoms with Crippen molar-refractivity contribution in [3.05, 3.63) is 16.3 Å². The molecule has 1 atom stereocenters. The minimum Gasteiger partial charge on any atom is -0.496 e. The summed E-state index contributed by atoms with van der Waals surface area (Å²) in [6, 6.07) is -0.492. The molecule has 13 heavy (non-hydrogen) atoms. The topological polar surface area (TPSA) is 35.2 Å². The summed E-state index contributed by atoms with van der Waals surface area (Å²) in [5.74, 6) is 0.190. The first kappa shape index (κ1) is 10.3. The van der Waals surface area contributed by atoms with E-state index in [0.717, 1.165) is 11.3 Å². The van der Waals surface area contributed by atoms with Crippen LogP contribution in [0, 0.1) is 0 Å². The van der Waals surface area contributed by atoms with E-state index in [-0.39, 0.29) is 10.6 Å². The second-order valence-electron chi connectivity index (χ2n) is 2.37. The number of hydrogen-bond donors (Lipinski definition) is 1. The Morgan fingerprint density at radius 3 is 2.62 bits per heavy atom. The average Bonchev–Trinajstić information content (AvgIpc) is 2.48. The lowest BCUT2D eigenvalue weighted by Gasteiger charge is -2.14. The summed E-state index contributed by atoms with van der Waals surface area (Å²) in [5.41, 5.74) is 5.00. The third-order valence-corrected chi connectivity index (χ3v) is 2.49. The number of methoxy groups -OCH3 is 1. The molecule has 0 bridgehead atoms. The zero-order valence-corrected chi connectivity index (χ0v) is 7.58. The molecule has 0 radical (unpaired) electrons. The molecule has 0 saturated heterocycles. The van der Waals surface area contributed by atoms with Crippen LogP contribution >= 0.6 is 11.3 Å². The predicted octanol–water partition coefficient (Wildman–Crippen LogP) is 2.32. The molecule has 0 aliphatic rings. The first-order valence-corrected chi connectivity index (χ1v) is 4.28. The molecule has 2 N–H and O–H groups in total. The summed E-state index contributed by atoms with van der Waals surface area (Å²) in [4.78, 5) is 0.00926. The first-order chi connectivity index (χ1) is 5.96. The number of nitrogens with two attached hydrogens (primary N) is 1. The molecule has 6 heteroatoms. The molecule has 1 heterocycles. The maximum Gasteiger partial charge on any atom is 0.408 e. The standard InChI is InChI=1S/C7H8F3NOS/c1-12-4-2-3-13-5(4)6(11)7(8,9)10/h2-3,6H,11H2,1H3. The van der Waals surface area contributed by atoms with Crippen molar-refractivity contribution in [2.45, 2.75) is 12.2 Å². The van der Waals surface area contributed by atoms with Gasteiger partial charge in [0, 0.05) is 0 Å². The fourth-order valence-electron chi connectivity index (χ4n) is 0.853. The lowest BCUT2D eigenvalue weighted by atomic mass is 10.2. The van der Waals surface area contributed by atoms with Gasteiger partial charge in [-0.15, -0.1) is 11.3 Å². The van der Waals surface area contributed by atoms with Gasteiger partial charge >= 0.3 is 6.18 Å². The monoisotopic (exact) mass is 211 g/mol. The van der Waals surface area contributed by atoms with Crippen molar-refractivity contribution in [3.63, 3.8) is 0 Å². The van der Waals surface area contributed by atoms with Crippen molar-refractivity contribution < 1.29 is 17.9 Å². The second kappa shape index (κ2) is 3.55. The fraction of sp³-hybridized carbons (Fsp3) is 0.429. The number of ether oxygens (including phenoxy) is 1. The molecule has 0 amide bonds. The third-order valence-electron chi connectivity index (χ3n) is 1.51. The molecule has 2 nitrogen and oxygen atoms in total. The minimum atomic E-state index is -4.42. The Morgan fingerprint density at radius 2 is 2.15 bits per heavy atom. The van der Waals surface area contributed by atoms with Crippen molar-refractivity contribution in [1.82, 2.24) is 0 Å². The van der Waals surface area contributed by atoms with E-state index in [4.69, 9.17) is 10.5 Å². The summed E-state index contributed by atoms with van der Waals surface area (Å²) in [6.45, 7) is 0. The van der Waals surface area contributed by atoms with E-state index in [2.05, 4.69) is 0 Å². The smallest absolute Gasteiger partial charge is 0.408 e. The van der Waals surface area contributed by atoms with E-state index >= 15 is 0 Å². The first-order valence-electron chi connectivity index (χ1n) is 3.40. The van der Waals surface area contributed by atoms with Crippen molar-refractivity contribution in [3.8, 4) is 5.75 Å². The number of thiophene rings is 1. The van der Waals surface area contributed by atoms with Crippen LogP contribution in [-0.4, -0.2) is 13.3 Å². The molecule has 1 aromatic rings. The Morgan fingerprint density at radius 1 is 1.54 bits per heavy atom. The van der Waals surface area contributed by atoms with Crippen LogP contribution in [0.5, 0.6) is 5.75 Å². The molecule has 1 rings (SSSR count). The third kappa shape index (κ3) is 2.13. The van der Waals surface area contributed by atoms with E-state index in [1.165, 1.54) is 18.6 Å². The van der Waals surface area contributed by atoms with Gasteiger partial charge in [0.1, 0.15) is 11.8 Å². The molecule has 74 valence electrons. The molecule has 0 aliphatic carbocycles. The highest BCUT2D eigenvalue weighted by Gasteiger charge is 2.40. The number of rotatable bonds is 2. The Balaban J connectivity index is 2.94. The highest BCUT2D eigenvalue weighted by Crippen LogP contribution is 2.38. The van der Waals surface area contributed by atoms with Crippen molar-refractivity contribution in [2.75, 3.05) is 7.11 Å². The maximum atomic E-state index is 12.2. The van der Waals surface area contributed by atoms with Crippen molar-refractivity contribution >= 4 is 11.3 Å². The lowest BCUT2D eigenvalue weighted by molar-refractivity contribution is -0.148. The zero-order chi connectivity index (χ0) is 10.1. The normalized spacial score (nSPS) is 14.2. The van der Waals surface area contributed by atoms with E-state index < -0.39 is 12.2 Å². The van der Waals surface area contributed by atoms with E-state index in [1.54, 1.807) is 0 Å². The van der Waals surface area contributed by atoms with Gasteiger partial charge in [-0.05, 0) is 11.4 Å². The minimum absolute atomic E-state index is 0.00926. The summed E-state index contributed by atoms with van der Waals surface area (Å²) in [6.07, 6.45) is -4.42. The molecular formula is C7H8F3NOS. The second-order valence-corrected chi connectivity index (χ2v) is 3.32. The van der Waals surface area contributed by atoms with Crippen LogP contribution in [0.2, 0.25) is 0 Å². The van der Waals surface area contributed by atoms with Crippen molar-refractivity contribution in [2.24, 2.45) is 5.73 Å². The van der Waals surface area contributed by atoms with Crippen LogP contribution < -0.4 is 10.5 Å². The number of hydrogen-bond acceptors (Lipinski definition) is 3. The van der Waals surface area contributed by atoms with Crippen LogP contribution in [0.3, 0.4) is 0 Å². The Bertz CT molecular complexity index is 284. The number of halogens is 3. The lowest BCUT2D eigenvalue weighted by Crippen LogP contribution is -2.27. The largest absolute Gasteiger partial charge is 0.496 e. The van der Waals surface area contributed by atoms with Gasteiger partial charge in [0.25, 0.3) is 0 Å². The quantitative estimate of drug-likeness (QED) is 0.814. The molecule has 1 aromatic heterocycles. The summed E-state index contributed by atoms with van der Waals surface area (Å²) < 4.78 is 41.2. The molecule has 1 unspecified atom stereocenters. The Hall–Kier alpha value is -0.750. The van der Waals surface area contributed by atoms with E-state index in [0.29, 0.717) is 0 Å². The SMILES string of the molecule is COc1ccsc1C(N)C(F)(F)F. The van der Waals surface area contributed by atoms with Gasteiger partial charge in [-0.1, -0.05) is 0 Å². The molecule has 0 aliphatic heterocycles. The molecule has 0 spiro atoms. The van der Waals surface area contributed by atoms with Crippen molar-refractivity contribution in [1.29, 1.82) is 0 Å². The number of alkyl halides is 3. The summed E-state index contributed by atoms with van der Waals surface area (Å²) in [5, 5.41) is 1.51. The van der Waals surface area contributed by atoms with E-state index in [1.807, 2.05) is 0 Å². The van der Waals surface area contributed by atoms with Crippen LogP contribution in [0.1, 0.15) is 10.9 Å². The zero-order valence-electron chi connectivity index (χ0n) is 6.76. The van der Waals surface area contributed by atoms with Gasteiger partial charge in [-0.25, -0.2) is 0 Å². The molecule has 0 fully saturated rings. The van der Waals surface area contributed by atoms with Crippen LogP contribution in [0.15, 0.2) is 11.4 Å². The van der Waals surface area contributed by atoms with Gasteiger partial charge in [0.15, 0.2) is 0 Å². The van der Waals surface area contributed by atoms with Gasteiger partial charge in [0.05, 0.1) is 12.0 Å². The molecule has 0 saturated carbocycles. The van der Waals surface area contributed by atoms with Crippen LogP contribution in [-0.2, 0) is 0 Å². The highest BCUT2D eigenvalue weighted by atomic mass is 32.1. The Labute approximate surface area is 77.1 Å². The summed E-state index contributed by atoms with van der Waals surface area (Å²) >= 11 is 0.939. The maximum absolute atomic E-state index is 12.2. The fourth-order valence-corrected chi connectivity index (χ4v) is 1.74. The van der Waals surface area contributed by atoms with E-state index in [9.17, 15) is 13.2 Å². The highest BCUT2D eigenvalue weighted by molar-refractivity contribution is 7.10. The van der Waals surface area contributed by atoms with Gasteiger partial charge < -0.3 is 10.5 Å². The van der Waals surface area contributed by atoms with Crippen LogP contribution in [0.25, 0.3) is 0 Å².